The van der Waals surface area contributed by atoms with Crippen molar-refractivity contribution >= 4 is 0 Å². The van der Waals surface area contributed by atoms with Crippen LogP contribution >= 0.6 is 0 Å². The summed E-state index contributed by atoms with van der Waals surface area (Å²) in [6.07, 6.45) is -3.10. The van der Waals surface area contributed by atoms with Gasteiger partial charge in [-0.05, 0) is 24.1 Å². The van der Waals surface area contributed by atoms with Crippen LogP contribution in [0.25, 0.3) is 0 Å². The quantitative estimate of drug-likeness (QED) is 0.488. The zero-order chi connectivity index (χ0) is 14.6. The number of benzene rings is 1. The van der Waals surface area contributed by atoms with Crippen LogP contribution in [0.1, 0.15) is 43.9 Å². The lowest BCUT2D eigenvalue weighted by Crippen LogP contribution is -2.34. The molecule has 108 valence electrons. The number of rotatable bonds is 5. The lowest BCUT2D eigenvalue weighted by atomic mass is 9.88. The Labute approximate surface area is 110 Å². The highest BCUT2D eigenvalue weighted by molar-refractivity contribution is 5.30. The summed E-state index contributed by atoms with van der Waals surface area (Å²) >= 11 is 0. The Morgan fingerprint density at radius 1 is 1.21 bits per heavy atom. The number of hydrogen-bond acceptors (Lipinski definition) is 2. The van der Waals surface area contributed by atoms with Crippen molar-refractivity contribution in [2.45, 2.75) is 38.9 Å². The molecule has 19 heavy (non-hydrogen) atoms. The van der Waals surface area contributed by atoms with Crippen LogP contribution in [0.2, 0.25) is 0 Å². The smallest absolute Gasteiger partial charge is 0.271 e. The lowest BCUT2D eigenvalue weighted by Gasteiger charge is -2.26. The van der Waals surface area contributed by atoms with Crippen LogP contribution in [0.5, 0.6) is 0 Å². The number of hydrogen-bond donors (Lipinski definition) is 2. The van der Waals surface area contributed by atoms with Gasteiger partial charge in [0.15, 0.2) is 0 Å². The van der Waals surface area contributed by atoms with Crippen LogP contribution < -0.4 is 11.3 Å². The van der Waals surface area contributed by atoms with Gasteiger partial charge >= 0.3 is 6.18 Å². The first kappa shape index (κ1) is 15.9. The van der Waals surface area contributed by atoms with Crippen molar-refractivity contribution in [3.05, 3.63) is 35.1 Å². The standard InChI is InChI=1S/C13H18F4N2/c1-3-8(4-2)12(19-18)10-7-9(13(15,16)17)5-6-11(10)14/h5-8,12,19H,3-4,18H2,1-2H3. The van der Waals surface area contributed by atoms with Crippen molar-refractivity contribution in [2.75, 3.05) is 0 Å². The maximum Gasteiger partial charge on any atom is 0.416 e. The summed E-state index contributed by atoms with van der Waals surface area (Å²) in [6.45, 7) is 3.79. The molecule has 0 aliphatic carbocycles. The van der Waals surface area contributed by atoms with Crippen molar-refractivity contribution in [2.24, 2.45) is 11.8 Å². The summed E-state index contributed by atoms with van der Waals surface area (Å²) < 4.78 is 51.7. The number of halogens is 4. The number of nitrogens with two attached hydrogens (primary N) is 1. The van der Waals surface area contributed by atoms with E-state index in [1.54, 1.807) is 0 Å². The van der Waals surface area contributed by atoms with E-state index < -0.39 is 23.6 Å². The molecule has 0 aliphatic heterocycles. The molecule has 0 heterocycles. The minimum Gasteiger partial charge on any atom is -0.271 e. The first-order valence-electron chi connectivity index (χ1n) is 6.17. The number of hydrazine groups is 1. The molecule has 2 nitrogen and oxygen atoms in total. The van der Waals surface area contributed by atoms with Gasteiger partial charge in [-0.3, -0.25) is 11.3 Å². The molecule has 1 unspecified atom stereocenters. The van der Waals surface area contributed by atoms with Crippen molar-refractivity contribution in [1.82, 2.24) is 5.43 Å². The van der Waals surface area contributed by atoms with E-state index >= 15 is 0 Å². The fraction of sp³-hybridized carbons (Fsp3) is 0.538. The third kappa shape index (κ3) is 3.67. The van der Waals surface area contributed by atoms with E-state index in [9.17, 15) is 17.6 Å². The molecular formula is C13H18F4N2. The molecule has 1 aromatic rings. The van der Waals surface area contributed by atoms with Gasteiger partial charge in [0.2, 0.25) is 0 Å². The fourth-order valence-corrected chi connectivity index (χ4v) is 2.20. The SMILES string of the molecule is CCC(CC)C(NN)c1cc(C(F)(F)F)ccc1F. The molecule has 0 saturated heterocycles. The maximum atomic E-state index is 13.8. The predicted molar refractivity (Wildman–Crippen MR) is 65.5 cm³/mol. The van der Waals surface area contributed by atoms with Gasteiger partial charge in [0.25, 0.3) is 0 Å². The summed E-state index contributed by atoms with van der Waals surface area (Å²) in [5.74, 6) is 4.68. The number of alkyl halides is 3. The first-order valence-corrected chi connectivity index (χ1v) is 6.17. The topological polar surface area (TPSA) is 38.0 Å². The van der Waals surface area contributed by atoms with Crippen LogP contribution in [0.15, 0.2) is 18.2 Å². The second kappa shape index (κ2) is 6.34. The number of nitrogens with one attached hydrogen (secondary N) is 1. The molecule has 0 aromatic heterocycles. The Balaban J connectivity index is 3.23. The van der Waals surface area contributed by atoms with Gasteiger partial charge in [-0.25, -0.2) is 4.39 Å². The van der Waals surface area contributed by atoms with Gasteiger partial charge in [-0.1, -0.05) is 26.7 Å². The highest BCUT2D eigenvalue weighted by Crippen LogP contribution is 2.34. The molecule has 0 bridgehead atoms. The van der Waals surface area contributed by atoms with E-state index in [1.807, 2.05) is 13.8 Å². The third-order valence-corrected chi connectivity index (χ3v) is 3.36. The van der Waals surface area contributed by atoms with E-state index in [-0.39, 0.29) is 11.5 Å². The molecule has 1 rings (SSSR count). The van der Waals surface area contributed by atoms with Gasteiger partial charge in [0.05, 0.1) is 11.6 Å². The van der Waals surface area contributed by atoms with E-state index in [0.717, 1.165) is 18.2 Å². The van der Waals surface area contributed by atoms with Crippen LogP contribution in [-0.2, 0) is 6.18 Å². The molecule has 0 spiro atoms. The summed E-state index contributed by atoms with van der Waals surface area (Å²) in [6, 6.07) is 1.78. The predicted octanol–water partition coefficient (Wildman–Crippen LogP) is 3.79. The molecule has 3 N–H and O–H groups in total. The average Bonchev–Trinajstić information content (AvgIpc) is 2.35. The van der Waals surface area contributed by atoms with Crippen LogP contribution in [0, 0.1) is 11.7 Å². The Morgan fingerprint density at radius 3 is 2.21 bits per heavy atom. The first-order chi connectivity index (χ1) is 8.85. The lowest BCUT2D eigenvalue weighted by molar-refractivity contribution is -0.137. The molecule has 1 aromatic carbocycles. The van der Waals surface area contributed by atoms with Crippen molar-refractivity contribution in [1.29, 1.82) is 0 Å². The molecule has 0 fully saturated rings. The molecule has 0 radical (unpaired) electrons. The highest BCUT2D eigenvalue weighted by atomic mass is 19.4. The summed E-state index contributed by atoms with van der Waals surface area (Å²) in [7, 11) is 0. The normalized spacial score (nSPS) is 13.9. The van der Waals surface area contributed by atoms with Gasteiger partial charge in [-0.2, -0.15) is 13.2 Å². The van der Waals surface area contributed by atoms with E-state index in [0.29, 0.717) is 12.8 Å². The highest BCUT2D eigenvalue weighted by Gasteiger charge is 2.32. The van der Waals surface area contributed by atoms with Crippen LogP contribution in [0.4, 0.5) is 17.6 Å². The minimum atomic E-state index is -4.49. The van der Waals surface area contributed by atoms with Crippen molar-refractivity contribution < 1.29 is 17.6 Å². The van der Waals surface area contributed by atoms with E-state index in [1.165, 1.54) is 0 Å². The molecule has 6 heteroatoms. The molecule has 1 atom stereocenters. The van der Waals surface area contributed by atoms with Gasteiger partial charge in [-0.15, -0.1) is 0 Å². The van der Waals surface area contributed by atoms with Crippen LogP contribution in [0.3, 0.4) is 0 Å². The maximum absolute atomic E-state index is 13.8. The second-order valence-corrected chi connectivity index (χ2v) is 4.45. The third-order valence-electron chi connectivity index (χ3n) is 3.36. The molecular weight excluding hydrogens is 260 g/mol. The van der Waals surface area contributed by atoms with Crippen molar-refractivity contribution in [3.8, 4) is 0 Å². The van der Waals surface area contributed by atoms with E-state index in [4.69, 9.17) is 5.84 Å². The summed E-state index contributed by atoms with van der Waals surface area (Å²) in [5.41, 5.74) is 1.53. The summed E-state index contributed by atoms with van der Waals surface area (Å²) in [5, 5.41) is 0. The Morgan fingerprint density at radius 2 is 1.79 bits per heavy atom. The fourth-order valence-electron chi connectivity index (χ4n) is 2.20. The second-order valence-electron chi connectivity index (χ2n) is 4.45. The monoisotopic (exact) mass is 278 g/mol. The zero-order valence-electron chi connectivity index (χ0n) is 10.9. The molecule has 0 saturated carbocycles. The van der Waals surface area contributed by atoms with Crippen LogP contribution in [-0.4, -0.2) is 0 Å². The summed E-state index contributed by atoms with van der Waals surface area (Å²) in [4.78, 5) is 0. The Kier molecular flexibility index (Phi) is 5.31. The molecule has 0 amide bonds. The van der Waals surface area contributed by atoms with Gasteiger partial charge in [0.1, 0.15) is 5.82 Å². The van der Waals surface area contributed by atoms with E-state index in [2.05, 4.69) is 5.43 Å². The van der Waals surface area contributed by atoms with Gasteiger partial charge < -0.3 is 0 Å². The Hall–Kier alpha value is -1.14. The Bertz CT molecular complexity index is 414. The zero-order valence-corrected chi connectivity index (χ0v) is 10.9. The van der Waals surface area contributed by atoms with Crippen molar-refractivity contribution in [3.63, 3.8) is 0 Å². The molecule has 0 aliphatic rings. The average molecular weight is 278 g/mol. The minimum absolute atomic E-state index is 0.0250. The largest absolute Gasteiger partial charge is 0.416 e. The van der Waals surface area contributed by atoms with Gasteiger partial charge in [0, 0.05) is 5.56 Å².